The molecule has 0 unspecified atom stereocenters. The molecule has 0 aromatic carbocycles. The third-order valence-corrected chi connectivity index (χ3v) is 2.95. The van der Waals surface area contributed by atoms with Gasteiger partial charge in [0.25, 0.3) is 5.91 Å². The first-order valence-electron chi connectivity index (χ1n) is 5.26. The highest BCUT2D eigenvalue weighted by Crippen LogP contribution is 2.14. The minimum Gasteiger partial charge on any atom is -0.393 e. The second-order valence-electron chi connectivity index (χ2n) is 3.89. The molecule has 86 valence electrons. The summed E-state index contributed by atoms with van der Waals surface area (Å²) in [7, 11) is 0. The number of hydrogen-bond donors (Lipinski definition) is 1. The largest absolute Gasteiger partial charge is 0.393 e. The third kappa shape index (κ3) is 2.51. The van der Waals surface area contributed by atoms with E-state index in [2.05, 4.69) is 4.98 Å². The molecule has 0 bridgehead atoms. The Morgan fingerprint density at radius 2 is 2.12 bits per heavy atom. The molecule has 2 heterocycles. The van der Waals surface area contributed by atoms with Crippen LogP contribution in [0.3, 0.4) is 0 Å². The van der Waals surface area contributed by atoms with Crippen molar-refractivity contribution in [3.8, 4) is 0 Å². The van der Waals surface area contributed by atoms with Gasteiger partial charge in [0, 0.05) is 19.3 Å². The van der Waals surface area contributed by atoms with E-state index in [1.807, 2.05) is 0 Å². The minimum atomic E-state index is -0.271. The van der Waals surface area contributed by atoms with Crippen molar-refractivity contribution >= 4 is 17.5 Å². The van der Waals surface area contributed by atoms with Gasteiger partial charge in [-0.1, -0.05) is 11.6 Å². The van der Waals surface area contributed by atoms with Crippen molar-refractivity contribution in [1.82, 2.24) is 9.88 Å². The molecule has 2 rings (SSSR count). The fourth-order valence-corrected chi connectivity index (χ4v) is 1.87. The summed E-state index contributed by atoms with van der Waals surface area (Å²) in [5.74, 6) is -0.0453. The molecular formula is C11H13ClN2O2. The number of aliphatic hydroxyl groups excluding tert-OH is 1. The summed E-state index contributed by atoms with van der Waals surface area (Å²) in [5.41, 5.74) is 0.542. The lowest BCUT2D eigenvalue weighted by Gasteiger charge is -2.29. The summed E-state index contributed by atoms with van der Waals surface area (Å²) in [5, 5.41) is 9.73. The molecule has 1 aromatic heterocycles. The van der Waals surface area contributed by atoms with Gasteiger partial charge >= 0.3 is 0 Å². The van der Waals surface area contributed by atoms with Crippen LogP contribution in [0.25, 0.3) is 0 Å². The van der Waals surface area contributed by atoms with Crippen LogP contribution in [0.2, 0.25) is 5.15 Å². The number of carbonyl (C=O) groups is 1. The van der Waals surface area contributed by atoms with Crippen LogP contribution in [0.15, 0.2) is 18.3 Å². The van der Waals surface area contributed by atoms with Gasteiger partial charge in [-0.25, -0.2) is 4.98 Å². The molecule has 1 N–H and O–H groups in total. The molecule has 0 atom stereocenters. The van der Waals surface area contributed by atoms with Gasteiger partial charge in [-0.2, -0.15) is 0 Å². The summed E-state index contributed by atoms with van der Waals surface area (Å²) in [4.78, 5) is 17.6. The third-order valence-electron chi connectivity index (χ3n) is 2.73. The molecule has 0 radical (unpaired) electrons. The summed E-state index contributed by atoms with van der Waals surface area (Å²) in [6.45, 7) is 1.20. The number of aliphatic hydroxyl groups is 1. The molecule has 0 saturated carbocycles. The average molecular weight is 241 g/mol. The number of nitrogens with zero attached hydrogens (tertiary/aromatic N) is 2. The molecule has 1 aliphatic rings. The monoisotopic (exact) mass is 240 g/mol. The smallest absolute Gasteiger partial charge is 0.255 e. The Morgan fingerprint density at radius 1 is 1.44 bits per heavy atom. The Hall–Kier alpha value is -1.13. The van der Waals surface area contributed by atoms with Crippen LogP contribution in [0.5, 0.6) is 0 Å². The maximum atomic E-state index is 12.0. The lowest BCUT2D eigenvalue weighted by Crippen LogP contribution is -2.40. The van der Waals surface area contributed by atoms with Gasteiger partial charge in [-0.15, -0.1) is 0 Å². The predicted octanol–water partition coefficient (Wildman–Crippen LogP) is 1.33. The number of pyridine rings is 1. The zero-order valence-corrected chi connectivity index (χ0v) is 9.52. The summed E-state index contributed by atoms with van der Waals surface area (Å²) in [6, 6.07) is 3.27. The summed E-state index contributed by atoms with van der Waals surface area (Å²) in [6.07, 6.45) is 2.50. The first kappa shape index (κ1) is 11.4. The van der Waals surface area contributed by atoms with Crippen LogP contribution in [-0.4, -0.2) is 40.1 Å². The van der Waals surface area contributed by atoms with Crippen molar-refractivity contribution in [2.75, 3.05) is 13.1 Å². The van der Waals surface area contributed by atoms with E-state index in [1.165, 1.54) is 6.20 Å². The standard InChI is InChI=1S/C11H13ClN2O2/c12-10-2-1-8(7-13-10)11(16)14-5-3-9(15)4-6-14/h1-2,7,9,15H,3-6H2. The van der Waals surface area contributed by atoms with Crippen molar-refractivity contribution in [1.29, 1.82) is 0 Å². The van der Waals surface area contributed by atoms with Crippen molar-refractivity contribution in [2.24, 2.45) is 0 Å². The Bertz CT molecular complexity index is 372. The van der Waals surface area contributed by atoms with Crippen LogP contribution in [0.4, 0.5) is 0 Å². The van der Waals surface area contributed by atoms with E-state index in [0.29, 0.717) is 36.6 Å². The van der Waals surface area contributed by atoms with Gasteiger partial charge in [0.05, 0.1) is 11.7 Å². The molecule has 5 heteroatoms. The van der Waals surface area contributed by atoms with Crippen molar-refractivity contribution in [3.63, 3.8) is 0 Å². The van der Waals surface area contributed by atoms with Crippen LogP contribution in [0, 0.1) is 0 Å². The number of likely N-dealkylation sites (tertiary alicyclic amines) is 1. The van der Waals surface area contributed by atoms with Crippen molar-refractivity contribution in [2.45, 2.75) is 18.9 Å². The van der Waals surface area contributed by atoms with E-state index in [-0.39, 0.29) is 12.0 Å². The Balaban J connectivity index is 2.05. The number of rotatable bonds is 1. The van der Waals surface area contributed by atoms with Gasteiger partial charge < -0.3 is 10.0 Å². The second kappa shape index (κ2) is 4.80. The average Bonchev–Trinajstić information content (AvgIpc) is 2.30. The maximum absolute atomic E-state index is 12.0. The molecule has 16 heavy (non-hydrogen) atoms. The lowest BCUT2D eigenvalue weighted by molar-refractivity contribution is 0.0546. The van der Waals surface area contributed by atoms with Crippen LogP contribution in [-0.2, 0) is 0 Å². The number of piperidine rings is 1. The highest BCUT2D eigenvalue weighted by atomic mass is 35.5. The van der Waals surface area contributed by atoms with Crippen LogP contribution in [0.1, 0.15) is 23.2 Å². The first-order chi connectivity index (χ1) is 7.66. The fourth-order valence-electron chi connectivity index (χ4n) is 1.75. The summed E-state index contributed by atoms with van der Waals surface area (Å²) >= 11 is 5.65. The van der Waals surface area contributed by atoms with Gasteiger partial charge in [0.2, 0.25) is 0 Å². The normalized spacial score (nSPS) is 17.5. The zero-order chi connectivity index (χ0) is 11.5. The maximum Gasteiger partial charge on any atom is 0.255 e. The molecule has 1 fully saturated rings. The van der Waals surface area contributed by atoms with Gasteiger partial charge in [-0.05, 0) is 25.0 Å². The number of aromatic nitrogens is 1. The second-order valence-corrected chi connectivity index (χ2v) is 4.28. The lowest BCUT2D eigenvalue weighted by atomic mass is 10.1. The van der Waals surface area contributed by atoms with E-state index in [4.69, 9.17) is 11.6 Å². The quantitative estimate of drug-likeness (QED) is 0.754. The first-order valence-corrected chi connectivity index (χ1v) is 5.63. The van der Waals surface area contributed by atoms with E-state index < -0.39 is 0 Å². The molecule has 1 aliphatic heterocycles. The van der Waals surface area contributed by atoms with Gasteiger partial charge in [0.15, 0.2) is 0 Å². The van der Waals surface area contributed by atoms with Crippen LogP contribution >= 0.6 is 11.6 Å². The Labute approximate surface area is 98.9 Å². The SMILES string of the molecule is O=C(c1ccc(Cl)nc1)N1CCC(O)CC1. The Morgan fingerprint density at radius 3 is 2.69 bits per heavy atom. The fraction of sp³-hybridized carbons (Fsp3) is 0.455. The zero-order valence-electron chi connectivity index (χ0n) is 8.77. The highest BCUT2D eigenvalue weighted by molar-refractivity contribution is 6.29. The highest BCUT2D eigenvalue weighted by Gasteiger charge is 2.22. The molecule has 0 spiro atoms. The molecule has 0 aliphatic carbocycles. The predicted molar refractivity (Wildman–Crippen MR) is 60.4 cm³/mol. The number of carbonyl (C=O) groups excluding carboxylic acids is 1. The number of hydrogen-bond acceptors (Lipinski definition) is 3. The van der Waals surface area contributed by atoms with Gasteiger partial charge in [0.1, 0.15) is 5.15 Å². The van der Waals surface area contributed by atoms with Crippen LogP contribution < -0.4 is 0 Å². The molecule has 4 nitrogen and oxygen atoms in total. The number of amides is 1. The number of halogens is 1. The molecule has 1 aromatic rings. The van der Waals surface area contributed by atoms with Gasteiger partial charge in [-0.3, -0.25) is 4.79 Å². The van der Waals surface area contributed by atoms with E-state index >= 15 is 0 Å². The molecule has 1 amide bonds. The Kier molecular flexibility index (Phi) is 3.41. The van der Waals surface area contributed by atoms with Crippen molar-refractivity contribution in [3.05, 3.63) is 29.0 Å². The van der Waals surface area contributed by atoms with Crippen molar-refractivity contribution < 1.29 is 9.90 Å². The minimum absolute atomic E-state index is 0.0453. The topological polar surface area (TPSA) is 53.4 Å². The molecular weight excluding hydrogens is 228 g/mol. The van der Waals surface area contributed by atoms with E-state index in [9.17, 15) is 9.90 Å². The van der Waals surface area contributed by atoms with E-state index in [1.54, 1.807) is 17.0 Å². The summed E-state index contributed by atoms with van der Waals surface area (Å²) < 4.78 is 0. The van der Waals surface area contributed by atoms with E-state index in [0.717, 1.165) is 0 Å². The molecule has 1 saturated heterocycles.